The van der Waals surface area contributed by atoms with E-state index in [0.29, 0.717) is 44.7 Å². The van der Waals surface area contributed by atoms with Gasteiger partial charge in [0.1, 0.15) is 0 Å². The molecular formula is C17H17F3N4O5. The van der Waals surface area contributed by atoms with E-state index >= 15 is 0 Å². The number of rotatable bonds is 2. The molecule has 29 heavy (non-hydrogen) atoms. The Balaban J connectivity index is 1.71. The molecule has 0 amide bonds. The van der Waals surface area contributed by atoms with Crippen molar-refractivity contribution >= 4 is 22.5 Å². The zero-order valence-corrected chi connectivity index (χ0v) is 15.3. The highest BCUT2D eigenvalue weighted by Gasteiger charge is 2.43. The molecule has 2 aliphatic heterocycles. The number of nitro groups is 1. The smallest absolute Gasteiger partial charge is 0.347 e. The van der Waals surface area contributed by atoms with Crippen LogP contribution in [0.1, 0.15) is 25.3 Å². The van der Waals surface area contributed by atoms with Gasteiger partial charge in [-0.3, -0.25) is 19.9 Å². The second-order valence-electron chi connectivity index (χ2n) is 7.17. The maximum Gasteiger partial charge on any atom is 0.416 e. The minimum Gasteiger partial charge on any atom is -0.347 e. The Hall–Kier alpha value is -2.73. The Bertz CT molecular complexity index is 1030. The molecule has 12 heteroatoms. The van der Waals surface area contributed by atoms with Gasteiger partial charge in [-0.2, -0.15) is 13.2 Å². The molecule has 1 aromatic heterocycles. The summed E-state index contributed by atoms with van der Waals surface area (Å²) >= 11 is 0. The van der Waals surface area contributed by atoms with Crippen LogP contribution >= 0.6 is 0 Å². The fourth-order valence-corrected chi connectivity index (χ4v) is 3.69. The second-order valence-corrected chi connectivity index (χ2v) is 7.17. The number of nitrogens with one attached hydrogen (secondary N) is 1. The minimum atomic E-state index is -4.83. The number of non-ortho nitro benzene ring substituents is 1. The number of anilines is 1. The van der Waals surface area contributed by atoms with Gasteiger partial charge < -0.3 is 14.4 Å². The molecule has 0 aliphatic carbocycles. The van der Waals surface area contributed by atoms with Crippen molar-refractivity contribution in [1.82, 2.24) is 9.97 Å². The number of aromatic amines is 1. The summed E-state index contributed by atoms with van der Waals surface area (Å²) in [5.74, 6) is -0.632. The third kappa shape index (κ3) is 3.53. The Labute approximate surface area is 161 Å². The third-order valence-electron chi connectivity index (χ3n) is 5.12. The number of ether oxygens (including phenoxy) is 2. The van der Waals surface area contributed by atoms with Gasteiger partial charge in [-0.05, 0) is 13.0 Å². The van der Waals surface area contributed by atoms with Crippen LogP contribution in [0.15, 0.2) is 16.9 Å². The average Bonchev–Trinajstić information content (AvgIpc) is 3.00. The lowest BCUT2D eigenvalue weighted by atomic mass is 10.0. The number of aromatic nitrogens is 2. The predicted octanol–water partition coefficient (Wildman–Crippen LogP) is 2.58. The molecule has 2 aromatic rings. The number of alkyl halides is 3. The first kappa shape index (κ1) is 19.6. The maximum atomic E-state index is 13.0. The minimum absolute atomic E-state index is 0.0226. The van der Waals surface area contributed by atoms with Gasteiger partial charge >= 0.3 is 6.18 Å². The Morgan fingerprint density at radius 3 is 2.59 bits per heavy atom. The van der Waals surface area contributed by atoms with Crippen molar-refractivity contribution in [1.29, 1.82) is 0 Å². The van der Waals surface area contributed by atoms with Gasteiger partial charge in [0, 0.05) is 32.0 Å². The van der Waals surface area contributed by atoms with Crippen molar-refractivity contribution in [2.75, 3.05) is 24.6 Å². The molecule has 9 nitrogen and oxygen atoms in total. The van der Waals surface area contributed by atoms with E-state index in [4.69, 9.17) is 9.47 Å². The standard InChI is InChI=1S/C17H17F3N4O5/c1-9-8-28-16(29-9)2-4-23(5-3-16)15-21-13-11(14(25)22-15)6-10(17(18,19)20)7-12(13)24(26)27/h6-7,9H,2-5,8H2,1H3,(H,21,22,25)/t9-/m0/s1. The highest BCUT2D eigenvalue weighted by molar-refractivity contribution is 5.88. The number of hydrogen-bond donors (Lipinski definition) is 1. The average molecular weight is 414 g/mol. The molecule has 3 heterocycles. The zero-order chi connectivity index (χ0) is 21.0. The summed E-state index contributed by atoms with van der Waals surface area (Å²) in [6.07, 6.45) is -3.86. The van der Waals surface area contributed by atoms with Gasteiger partial charge in [-0.25, -0.2) is 4.98 Å². The summed E-state index contributed by atoms with van der Waals surface area (Å²) in [4.78, 5) is 31.0. The number of hydrogen-bond acceptors (Lipinski definition) is 7. The van der Waals surface area contributed by atoms with Crippen LogP contribution in [0.4, 0.5) is 24.8 Å². The number of halogens is 3. The van der Waals surface area contributed by atoms with Crippen LogP contribution in [0.25, 0.3) is 10.9 Å². The Morgan fingerprint density at radius 1 is 1.34 bits per heavy atom. The topological polar surface area (TPSA) is 111 Å². The molecule has 1 atom stereocenters. The van der Waals surface area contributed by atoms with Crippen LogP contribution in [-0.2, 0) is 15.7 Å². The number of nitrogens with zero attached hydrogens (tertiary/aromatic N) is 3. The van der Waals surface area contributed by atoms with Gasteiger partial charge in [-0.15, -0.1) is 0 Å². The van der Waals surface area contributed by atoms with Crippen LogP contribution < -0.4 is 10.5 Å². The Kier molecular flexibility index (Phi) is 4.50. The largest absolute Gasteiger partial charge is 0.416 e. The van der Waals surface area contributed by atoms with E-state index in [1.54, 1.807) is 4.90 Å². The summed E-state index contributed by atoms with van der Waals surface area (Å²) in [7, 11) is 0. The molecule has 1 N–H and O–H groups in total. The quantitative estimate of drug-likeness (QED) is 0.594. The summed E-state index contributed by atoms with van der Waals surface area (Å²) in [6.45, 7) is 3.18. The fraction of sp³-hybridized carbons (Fsp3) is 0.529. The molecule has 1 aromatic carbocycles. The zero-order valence-electron chi connectivity index (χ0n) is 15.3. The maximum absolute atomic E-state index is 13.0. The normalized spacial score (nSPS) is 21.8. The number of H-pyrrole nitrogens is 1. The molecule has 156 valence electrons. The van der Waals surface area contributed by atoms with E-state index in [9.17, 15) is 28.1 Å². The van der Waals surface area contributed by atoms with Crippen molar-refractivity contribution in [2.24, 2.45) is 0 Å². The molecule has 0 radical (unpaired) electrons. The molecule has 2 aliphatic rings. The first-order valence-electron chi connectivity index (χ1n) is 8.94. The van der Waals surface area contributed by atoms with E-state index in [1.165, 1.54) is 0 Å². The third-order valence-corrected chi connectivity index (χ3v) is 5.12. The predicted molar refractivity (Wildman–Crippen MR) is 94.7 cm³/mol. The number of benzene rings is 1. The van der Waals surface area contributed by atoms with Crippen LogP contribution in [-0.4, -0.2) is 46.5 Å². The lowest BCUT2D eigenvalue weighted by Crippen LogP contribution is -2.46. The molecule has 0 unspecified atom stereocenters. The fourth-order valence-electron chi connectivity index (χ4n) is 3.69. The van der Waals surface area contributed by atoms with Crippen molar-refractivity contribution in [3.63, 3.8) is 0 Å². The van der Waals surface area contributed by atoms with Gasteiger partial charge in [0.2, 0.25) is 5.95 Å². The van der Waals surface area contributed by atoms with Gasteiger partial charge in [0.15, 0.2) is 11.3 Å². The van der Waals surface area contributed by atoms with Crippen LogP contribution in [0.2, 0.25) is 0 Å². The highest BCUT2D eigenvalue weighted by Crippen LogP contribution is 2.37. The van der Waals surface area contributed by atoms with Gasteiger partial charge in [0.05, 0.1) is 28.6 Å². The van der Waals surface area contributed by atoms with Crippen LogP contribution in [0.3, 0.4) is 0 Å². The second kappa shape index (κ2) is 6.66. The van der Waals surface area contributed by atoms with Gasteiger partial charge in [-0.1, -0.05) is 0 Å². The van der Waals surface area contributed by atoms with Crippen molar-refractivity contribution in [3.05, 3.63) is 38.2 Å². The number of nitro benzene ring substituents is 1. The van der Waals surface area contributed by atoms with Crippen molar-refractivity contribution < 1.29 is 27.6 Å². The number of piperidine rings is 1. The van der Waals surface area contributed by atoms with Gasteiger partial charge in [0.25, 0.3) is 11.2 Å². The molecule has 2 saturated heterocycles. The highest BCUT2D eigenvalue weighted by atomic mass is 19.4. The van der Waals surface area contributed by atoms with Crippen LogP contribution in [0, 0.1) is 10.1 Å². The van der Waals surface area contributed by atoms with E-state index in [1.807, 2.05) is 6.92 Å². The summed E-state index contributed by atoms with van der Waals surface area (Å²) in [6, 6.07) is 0.968. The van der Waals surface area contributed by atoms with E-state index in [2.05, 4.69) is 9.97 Å². The molecular weight excluding hydrogens is 397 g/mol. The van der Waals surface area contributed by atoms with Crippen LogP contribution in [0.5, 0.6) is 0 Å². The molecule has 0 saturated carbocycles. The summed E-state index contributed by atoms with van der Waals surface area (Å²) in [5, 5.41) is 10.8. The first-order chi connectivity index (χ1) is 13.6. The molecule has 2 fully saturated rings. The monoisotopic (exact) mass is 414 g/mol. The van der Waals surface area contributed by atoms with Crippen molar-refractivity contribution in [3.8, 4) is 0 Å². The van der Waals surface area contributed by atoms with E-state index < -0.39 is 39.1 Å². The lowest BCUT2D eigenvalue weighted by Gasteiger charge is -2.38. The molecule has 0 bridgehead atoms. The van der Waals surface area contributed by atoms with E-state index in [-0.39, 0.29) is 17.6 Å². The Morgan fingerprint density at radius 2 is 2.03 bits per heavy atom. The molecule has 4 rings (SSSR count). The van der Waals surface area contributed by atoms with Crippen molar-refractivity contribution in [2.45, 2.75) is 37.8 Å². The van der Waals surface area contributed by atoms with E-state index in [0.717, 1.165) is 0 Å². The lowest BCUT2D eigenvalue weighted by molar-refractivity contribution is -0.383. The number of fused-ring (bicyclic) bond motifs is 1. The SMILES string of the molecule is C[C@H]1COC2(CCN(c3nc4c([N+](=O)[O-])cc(C(F)(F)F)cc4c(=O)[nH]3)CC2)O1. The summed E-state index contributed by atoms with van der Waals surface area (Å²) in [5.41, 5.74) is -3.40. The summed E-state index contributed by atoms with van der Waals surface area (Å²) < 4.78 is 50.7. The molecule has 1 spiro atoms. The first-order valence-corrected chi connectivity index (χ1v) is 8.94.